The quantitative estimate of drug-likeness (QED) is 0.391. The molecule has 0 radical (unpaired) electrons. The van der Waals surface area contributed by atoms with Gasteiger partial charge in [-0.1, -0.05) is 30.3 Å². The summed E-state index contributed by atoms with van der Waals surface area (Å²) >= 11 is 2.31. The number of halogens is 1. The van der Waals surface area contributed by atoms with Gasteiger partial charge in [0.25, 0.3) is 0 Å². The Bertz CT molecular complexity index is 1250. The van der Waals surface area contributed by atoms with E-state index in [2.05, 4.69) is 93.2 Å². The van der Waals surface area contributed by atoms with Gasteiger partial charge in [-0.25, -0.2) is 4.79 Å². The predicted octanol–water partition coefficient (Wildman–Crippen LogP) is 3.73. The van der Waals surface area contributed by atoms with Gasteiger partial charge < -0.3 is 20.2 Å². The van der Waals surface area contributed by atoms with Gasteiger partial charge in [0.05, 0.1) is 24.9 Å². The molecular formula is C29H37IN6O2. The molecule has 1 unspecified atom stereocenters. The van der Waals surface area contributed by atoms with Crippen LogP contribution in [0, 0.1) is 10.5 Å². The molecule has 5 rings (SSSR count). The number of rotatable bonds is 7. The number of fused-ring (bicyclic) bond motifs is 1. The average Bonchev–Trinajstić information content (AvgIpc) is 3.27. The lowest BCUT2D eigenvalue weighted by molar-refractivity contribution is 0.0909. The standard InChI is InChI=1S/C29H37IN6O2/c1-3-31-29(38)35-13-12-27-25(20-35)28(22-8-10-23(30)11-9-22)32-36(27)19-24(37)18-33-14-16-34(17-15-33)26-7-5-4-6-21(26)2/h4-11,24,37H,3,12-20H2,1-2H3,(H,31,38). The van der Waals surface area contributed by atoms with E-state index in [-0.39, 0.29) is 6.03 Å². The molecule has 3 aromatic rings. The molecule has 0 spiro atoms. The Morgan fingerprint density at radius 1 is 1.05 bits per heavy atom. The van der Waals surface area contributed by atoms with Crippen LogP contribution in [0.2, 0.25) is 0 Å². The summed E-state index contributed by atoms with van der Waals surface area (Å²) in [6.07, 6.45) is 0.209. The Labute approximate surface area is 238 Å². The number of aryl methyl sites for hydroxylation is 1. The van der Waals surface area contributed by atoms with Crippen LogP contribution in [-0.4, -0.2) is 82.6 Å². The lowest BCUT2D eigenvalue weighted by Crippen LogP contribution is -2.49. The number of anilines is 1. The fraction of sp³-hybridized carbons (Fsp3) is 0.448. The molecule has 2 aliphatic rings. The number of hydrogen-bond acceptors (Lipinski definition) is 5. The zero-order valence-corrected chi connectivity index (χ0v) is 24.4. The third kappa shape index (κ3) is 6.00. The van der Waals surface area contributed by atoms with Crippen molar-refractivity contribution in [2.45, 2.75) is 39.5 Å². The first kappa shape index (κ1) is 27.0. The summed E-state index contributed by atoms with van der Waals surface area (Å²) in [5.41, 5.74) is 6.77. The van der Waals surface area contributed by atoms with E-state index in [0.717, 1.165) is 55.1 Å². The number of hydrogen-bond donors (Lipinski definition) is 2. The van der Waals surface area contributed by atoms with E-state index in [1.54, 1.807) is 0 Å². The number of piperazine rings is 1. The topological polar surface area (TPSA) is 76.9 Å². The van der Waals surface area contributed by atoms with Crippen LogP contribution in [0.3, 0.4) is 0 Å². The molecule has 2 aromatic carbocycles. The highest BCUT2D eigenvalue weighted by Crippen LogP contribution is 2.31. The molecule has 2 aliphatic heterocycles. The van der Waals surface area contributed by atoms with Crippen molar-refractivity contribution in [1.82, 2.24) is 24.9 Å². The number of benzene rings is 2. The summed E-state index contributed by atoms with van der Waals surface area (Å²) in [5.74, 6) is 0. The van der Waals surface area contributed by atoms with Crippen LogP contribution in [0.5, 0.6) is 0 Å². The number of nitrogens with zero attached hydrogens (tertiary/aromatic N) is 5. The molecule has 2 N–H and O–H groups in total. The SMILES string of the molecule is CCNC(=O)N1CCc2c(c(-c3ccc(I)cc3)nn2CC(O)CN2CCN(c3ccccc3C)CC2)C1. The first-order valence-electron chi connectivity index (χ1n) is 13.5. The second-order valence-electron chi connectivity index (χ2n) is 10.2. The number of β-amino-alcohol motifs (C(OH)–C–C–N with tert-alkyl or cyclic N) is 1. The Kier molecular flexibility index (Phi) is 8.54. The number of aliphatic hydroxyl groups is 1. The summed E-state index contributed by atoms with van der Waals surface area (Å²) in [7, 11) is 0. The van der Waals surface area contributed by atoms with Gasteiger partial charge >= 0.3 is 6.03 Å². The number of amides is 2. The lowest BCUT2D eigenvalue weighted by atomic mass is 10.0. The molecule has 8 nitrogen and oxygen atoms in total. The third-order valence-electron chi connectivity index (χ3n) is 7.55. The van der Waals surface area contributed by atoms with Crippen LogP contribution in [0.25, 0.3) is 11.3 Å². The number of urea groups is 1. The van der Waals surface area contributed by atoms with Gasteiger partial charge in [0.1, 0.15) is 0 Å². The molecule has 9 heteroatoms. The second-order valence-corrected chi connectivity index (χ2v) is 11.4. The van der Waals surface area contributed by atoms with Crippen LogP contribution >= 0.6 is 22.6 Å². The fourth-order valence-corrected chi connectivity index (χ4v) is 5.92. The van der Waals surface area contributed by atoms with Crippen molar-refractivity contribution >= 4 is 34.3 Å². The van der Waals surface area contributed by atoms with E-state index in [1.807, 2.05) is 16.5 Å². The zero-order valence-electron chi connectivity index (χ0n) is 22.2. The van der Waals surface area contributed by atoms with Crippen LogP contribution in [0.1, 0.15) is 23.7 Å². The van der Waals surface area contributed by atoms with Gasteiger partial charge in [-0.15, -0.1) is 0 Å². The van der Waals surface area contributed by atoms with E-state index in [1.165, 1.54) is 14.8 Å². The maximum Gasteiger partial charge on any atom is 0.317 e. The van der Waals surface area contributed by atoms with Gasteiger partial charge in [-0.2, -0.15) is 5.10 Å². The molecule has 1 fully saturated rings. The van der Waals surface area contributed by atoms with Crippen molar-refractivity contribution in [3.05, 3.63) is 68.9 Å². The highest BCUT2D eigenvalue weighted by molar-refractivity contribution is 14.1. The number of carbonyl (C=O) groups is 1. The van der Waals surface area contributed by atoms with Crippen molar-refractivity contribution in [3.63, 3.8) is 0 Å². The summed E-state index contributed by atoms with van der Waals surface area (Å²) in [6, 6.07) is 16.8. The molecule has 38 heavy (non-hydrogen) atoms. The summed E-state index contributed by atoms with van der Waals surface area (Å²) < 4.78 is 3.16. The van der Waals surface area contributed by atoms with E-state index in [9.17, 15) is 9.90 Å². The molecule has 0 aliphatic carbocycles. The summed E-state index contributed by atoms with van der Waals surface area (Å²) in [5, 5.41) is 19.0. The zero-order chi connectivity index (χ0) is 26.6. The fourth-order valence-electron chi connectivity index (χ4n) is 5.56. The van der Waals surface area contributed by atoms with Crippen LogP contribution in [0.4, 0.5) is 10.5 Å². The van der Waals surface area contributed by atoms with Gasteiger partial charge in [0.2, 0.25) is 0 Å². The van der Waals surface area contributed by atoms with E-state index >= 15 is 0 Å². The van der Waals surface area contributed by atoms with Crippen molar-refractivity contribution in [2.24, 2.45) is 0 Å². The van der Waals surface area contributed by atoms with E-state index < -0.39 is 6.10 Å². The molecule has 0 bridgehead atoms. The maximum absolute atomic E-state index is 12.6. The Morgan fingerprint density at radius 2 is 1.79 bits per heavy atom. The normalized spacial score (nSPS) is 16.8. The molecule has 1 atom stereocenters. The minimum Gasteiger partial charge on any atom is -0.390 e. The first-order valence-corrected chi connectivity index (χ1v) is 14.6. The van der Waals surface area contributed by atoms with Crippen molar-refractivity contribution in [3.8, 4) is 11.3 Å². The number of para-hydroxylation sites is 1. The first-order chi connectivity index (χ1) is 18.4. The molecule has 1 aromatic heterocycles. The Hall–Kier alpha value is -2.63. The lowest BCUT2D eigenvalue weighted by Gasteiger charge is -2.37. The monoisotopic (exact) mass is 628 g/mol. The predicted molar refractivity (Wildman–Crippen MR) is 159 cm³/mol. The van der Waals surface area contributed by atoms with Crippen LogP contribution in [0.15, 0.2) is 48.5 Å². The van der Waals surface area contributed by atoms with Crippen LogP contribution < -0.4 is 10.2 Å². The van der Waals surface area contributed by atoms with E-state index in [4.69, 9.17) is 5.10 Å². The van der Waals surface area contributed by atoms with Crippen LogP contribution in [-0.2, 0) is 19.5 Å². The van der Waals surface area contributed by atoms with Gasteiger partial charge in [-0.3, -0.25) is 9.58 Å². The highest BCUT2D eigenvalue weighted by atomic mass is 127. The molecule has 2 amide bonds. The smallest absolute Gasteiger partial charge is 0.317 e. The van der Waals surface area contributed by atoms with Gasteiger partial charge in [0.15, 0.2) is 0 Å². The largest absolute Gasteiger partial charge is 0.390 e. The highest BCUT2D eigenvalue weighted by Gasteiger charge is 2.29. The minimum atomic E-state index is -0.519. The van der Waals surface area contributed by atoms with Gasteiger partial charge in [-0.05, 0) is 60.2 Å². The van der Waals surface area contributed by atoms with Crippen molar-refractivity contribution in [1.29, 1.82) is 0 Å². The summed E-state index contributed by atoms with van der Waals surface area (Å²) in [6.45, 7) is 10.7. The van der Waals surface area contributed by atoms with E-state index in [0.29, 0.717) is 32.7 Å². The number of aromatic nitrogens is 2. The van der Waals surface area contributed by atoms with Crippen molar-refractivity contribution < 1.29 is 9.90 Å². The van der Waals surface area contributed by atoms with Crippen molar-refractivity contribution in [2.75, 3.05) is 50.7 Å². The third-order valence-corrected chi connectivity index (χ3v) is 8.27. The molecule has 1 saturated heterocycles. The molecule has 3 heterocycles. The van der Waals surface area contributed by atoms with Gasteiger partial charge in [0, 0.05) is 78.3 Å². The maximum atomic E-state index is 12.6. The number of nitrogens with one attached hydrogen (secondary N) is 1. The molecule has 202 valence electrons. The minimum absolute atomic E-state index is 0.0377. The Morgan fingerprint density at radius 3 is 2.50 bits per heavy atom. The molecule has 0 saturated carbocycles. The number of aliphatic hydroxyl groups excluding tert-OH is 1. The molecular weight excluding hydrogens is 591 g/mol. The average molecular weight is 629 g/mol. The number of carbonyl (C=O) groups excluding carboxylic acids is 1. The Balaban J connectivity index is 1.28. The second kappa shape index (κ2) is 12.0. The summed E-state index contributed by atoms with van der Waals surface area (Å²) in [4.78, 5) is 19.2.